The molecule has 1 saturated heterocycles. The van der Waals surface area contributed by atoms with Crippen LogP contribution in [0.25, 0.3) is 0 Å². The molecular weight excluding hydrogens is 356 g/mol. The Balaban J connectivity index is 2.09. The molecule has 0 aromatic heterocycles. The van der Waals surface area contributed by atoms with Gasteiger partial charge in [-0.15, -0.1) is 0 Å². The largest absolute Gasteiger partial charge is 0.495 e. The van der Waals surface area contributed by atoms with Crippen LogP contribution in [0.5, 0.6) is 5.75 Å². The summed E-state index contributed by atoms with van der Waals surface area (Å²) in [6, 6.07) is 3.31. The van der Waals surface area contributed by atoms with E-state index in [0.29, 0.717) is 18.2 Å². The number of halogens is 1. The smallest absolute Gasteiger partial charge is 0.244 e. The standard InChI is InChI=1S/C14H21BrN2O3S/c1-10-7-13(20-2)14(8-12(10)15)21(18,19)17-6-4-11-3-5-16-9-11/h7-8,11,16-17H,3-6,9H2,1-2H3. The van der Waals surface area contributed by atoms with Crippen molar-refractivity contribution >= 4 is 26.0 Å². The topological polar surface area (TPSA) is 67.4 Å². The highest BCUT2D eigenvalue weighted by atomic mass is 79.9. The molecule has 0 amide bonds. The fourth-order valence-corrected chi connectivity index (χ4v) is 4.16. The van der Waals surface area contributed by atoms with Gasteiger partial charge in [0.15, 0.2) is 0 Å². The lowest BCUT2D eigenvalue weighted by molar-refractivity contribution is 0.401. The van der Waals surface area contributed by atoms with Crippen LogP contribution in [-0.2, 0) is 10.0 Å². The first kappa shape index (κ1) is 16.7. The summed E-state index contributed by atoms with van der Waals surface area (Å²) in [7, 11) is -2.08. The zero-order valence-electron chi connectivity index (χ0n) is 12.3. The van der Waals surface area contributed by atoms with E-state index >= 15 is 0 Å². The predicted octanol–water partition coefficient (Wildman–Crippen LogP) is 2.04. The Morgan fingerprint density at radius 3 is 2.86 bits per heavy atom. The summed E-state index contributed by atoms with van der Waals surface area (Å²) in [6.07, 6.45) is 1.96. The summed E-state index contributed by atoms with van der Waals surface area (Å²) < 4.78 is 33.5. The van der Waals surface area contributed by atoms with E-state index in [-0.39, 0.29) is 4.90 Å². The second-order valence-corrected chi connectivity index (χ2v) is 7.89. The van der Waals surface area contributed by atoms with Crippen molar-refractivity contribution in [3.05, 3.63) is 22.2 Å². The van der Waals surface area contributed by atoms with E-state index in [9.17, 15) is 8.42 Å². The Morgan fingerprint density at radius 1 is 1.48 bits per heavy atom. The maximum absolute atomic E-state index is 12.4. The van der Waals surface area contributed by atoms with Gasteiger partial charge >= 0.3 is 0 Å². The quantitative estimate of drug-likeness (QED) is 0.796. The summed E-state index contributed by atoms with van der Waals surface area (Å²) >= 11 is 3.37. The molecule has 2 N–H and O–H groups in total. The Morgan fingerprint density at radius 2 is 2.24 bits per heavy atom. The minimum atomic E-state index is -3.56. The van der Waals surface area contributed by atoms with Gasteiger partial charge in [-0.25, -0.2) is 13.1 Å². The number of ether oxygens (including phenoxy) is 1. The second-order valence-electron chi connectivity index (χ2n) is 5.30. The molecule has 7 heteroatoms. The Labute approximate surface area is 134 Å². The molecule has 1 aliphatic rings. The third kappa shape index (κ3) is 4.18. The van der Waals surface area contributed by atoms with Crippen LogP contribution in [0, 0.1) is 12.8 Å². The van der Waals surface area contributed by atoms with Crippen molar-refractivity contribution in [2.24, 2.45) is 5.92 Å². The number of rotatable bonds is 6. The molecule has 0 saturated carbocycles. The molecule has 5 nitrogen and oxygen atoms in total. The number of methoxy groups -OCH3 is 1. The molecule has 1 aromatic rings. The van der Waals surface area contributed by atoms with Crippen LogP contribution >= 0.6 is 15.9 Å². The maximum Gasteiger partial charge on any atom is 0.244 e. The van der Waals surface area contributed by atoms with Gasteiger partial charge in [0.05, 0.1) is 7.11 Å². The van der Waals surface area contributed by atoms with Crippen molar-refractivity contribution in [2.45, 2.75) is 24.7 Å². The molecule has 1 fully saturated rings. The zero-order chi connectivity index (χ0) is 15.5. The number of aryl methyl sites for hydroxylation is 1. The van der Waals surface area contributed by atoms with Crippen LogP contribution in [0.15, 0.2) is 21.5 Å². The van der Waals surface area contributed by atoms with Crippen molar-refractivity contribution in [3.8, 4) is 5.75 Å². The number of hydrogen-bond donors (Lipinski definition) is 2. The molecule has 118 valence electrons. The Bertz CT molecular complexity index is 598. The van der Waals surface area contributed by atoms with E-state index in [1.807, 2.05) is 6.92 Å². The lowest BCUT2D eigenvalue weighted by atomic mass is 10.1. The minimum Gasteiger partial charge on any atom is -0.495 e. The van der Waals surface area contributed by atoms with Crippen molar-refractivity contribution in [1.82, 2.24) is 10.0 Å². The van der Waals surface area contributed by atoms with Gasteiger partial charge in [-0.1, -0.05) is 15.9 Å². The van der Waals surface area contributed by atoms with E-state index in [1.54, 1.807) is 12.1 Å². The summed E-state index contributed by atoms with van der Waals surface area (Å²) in [4.78, 5) is 0.173. The van der Waals surface area contributed by atoms with Gasteiger partial charge in [0, 0.05) is 11.0 Å². The minimum absolute atomic E-state index is 0.173. The van der Waals surface area contributed by atoms with Crippen molar-refractivity contribution in [1.29, 1.82) is 0 Å². The molecule has 0 aliphatic carbocycles. The van der Waals surface area contributed by atoms with Crippen LogP contribution in [0.4, 0.5) is 0 Å². The van der Waals surface area contributed by atoms with Crippen LogP contribution in [0.1, 0.15) is 18.4 Å². The molecule has 1 unspecified atom stereocenters. The number of sulfonamides is 1. The van der Waals surface area contributed by atoms with Gasteiger partial charge in [-0.3, -0.25) is 0 Å². The fraction of sp³-hybridized carbons (Fsp3) is 0.571. The molecule has 0 spiro atoms. The highest BCUT2D eigenvalue weighted by Crippen LogP contribution is 2.30. The molecular formula is C14H21BrN2O3S. The molecule has 0 radical (unpaired) electrons. The molecule has 1 aromatic carbocycles. The average molecular weight is 377 g/mol. The van der Waals surface area contributed by atoms with E-state index in [0.717, 1.165) is 36.0 Å². The highest BCUT2D eigenvalue weighted by Gasteiger charge is 2.22. The predicted molar refractivity (Wildman–Crippen MR) is 86.2 cm³/mol. The van der Waals surface area contributed by atoms with Crippen LogP contribution in [0.3, 0.4) is 0 Å². The van der Waals surface area contributed by atoms with E-state index in [1.165, 1.54) is 7.11 Å². The second kappa shape index (κ2) is 7.09. The third-order valence-electron chi connectivity index (χ3n) is 3.74. The highest BCUT2D eigenvalue weighted by molar-refractivity contribution is 9.10. The fourth-order valence-electron chi connectivity index (χ4n) is 2.44. The summed E-state index contributed by atoms with van der Waals surface area (Å²) in [5.41, 5.74) is 0.933. The van der Waals surface area contributed by atoms with Crippen molar-refractivity contribution < 1.29 is 13.2 Å². The molecule has 1 heterocycles. The first-order valence-corrected chi connectivity index (χ1v) is 9.26. The van der Waals surface area contributed by atoms with E-state index in [4.69, 9.17) is 4.74 Å². The Hall–Kier alpha value is -0.630. The SMILES string of the molecule is COc1cc(C)c(Br)cc1S(=O)(=O)NCCC1CCNC1. The first-order valence-electron chi connectivity index (χ1n) is 6.98. The number of benzene rings is 1. The normalized spacial score (nSPS) is 18.9. The summed E-state index contributed by atoms with van der Waals surface area (Å²) in [5, 5.41) is 3.28. The monoisotopic (exact) mass is 376 g/mol. The number of hydrogen-bond acceptors (Lipinski definition) is 4. The molecule has 1 aliphatic heterocycles. The lowest BCUT2D eigenvalue weighted by Gasteiger charge is -2.14. The average Bonchev–Trinajstić information content (AvgIpc) is 2.94. The van der Waals surface area contributed by atoms with Crippen LogP contribution in [0.2, 0.25) is 0 Å². The zero-order valence-corrected chi connectivity index (χ0v) is 14.7. The van der Waals surface area contributed by atoms with Gasteiger partial charge in [0.2, 0.25) is 10.0 Å². The Kier molecular flexibility index (Phi) is 5.65. The van der Waals surface area contributed by atoms with Gasteiger partial charge < -0.3 is 10.1 Å². The number of nitrogens with one attached hydrogen (secondary N) is 2. The van der Waals surface area contributed by atoms with Crippen LogP contribution in [-0.4, -0.2) is 35.2 Å². The molecule has 1 atom stereocenters. The van der Waals surface area contributed by atoms with Gasteiger partial charge in [-0.05, 0) is 56.5 Å². The maximum atomic E-state index is 12.4. The van der Waals surface area contributed by atoms with Gasteiger partial charge in [0.1, 0.15) is 10.6 Å². The van der Waals surface area contributed by atoms with Gasteiger partial charge in [0.25, 0.3) is 0 Å². The molecule has 2 rings (SSSR count). The summed E-state index contributed by atoms with van der Waals surface area (Å²) in [5.74, 6) is 0.921. The van der Waals surface area contributed by atoms with Crippen LogP contribution < -0.4 is 14.8 Å². The van der Waals surface area contributed by atoms with Gasteiger partial charge in [-0.2, -0.15) is 0 Å². The van der Waals surface area contributed by atoms with Crippen molar-refractivity contribution in [3.63, 3.8) is 0 Å². The van der Waals surface area contributed by atoms with E-state index in [2.05, 4.69) is 26.0 Å². The third-order valence-corrected chi connectivity index (χ3v) is 6.08. The lowest BCUT2D eigenvalue weighted by Crippen LogP contribution is -2.27. The van der Waals surface area contributed by atoms with Crippen molar-refractivity contribution in [2.75, 3.05) is 26.7 Å². The summed E-state index contributed by atoms with van der Waals surface area (Å²) in [6.45, 7) is 4.34. The molecule has 21 heavy (non-hydrogen) atoms. The van der Waals surface area contributed by atoms with E-state index < -0.39 is 10.0 Å². The first-order chi connectivity index (χ1) is 9.94. The molecule has 0 bridgehead atoms.